The quantitative estimate of drug-likeness (QED) is 0.700. The van der Waals surface area contributed by atoms with E-state index in [2.05, 4.69) is 15.9 Å². The van der Waals surface area contributed by atoms with Crippen LogP contribution in [0.15, 0.2) is 22.7 Å². The van der Waals surface area contributed by atoms with E-state index in [0.29, 0.717) is 9.17 Å². The molecule has 0 atom stereocenters. The Morgan fingerprint density at radius 3 is 2.56 bits per heavy atom. The first kappa shape index (κ1) is 11.4. The van der Waals surface area contributed by atoms with Gasteiger partial charge in [-0.25, -0.2) is 0 Å². The molecule has 0 spiro atoms. The average molecular weight is 306 g/mol. The number of halogens is 4. The third-order valence-corrected chi connectivity index (χ3v) is 3.59. The normalized spacial score (nSPS) is 11.7. The summed E-state index contributed by atoms with van der Waals surface area (Å²) in [7, 11) is 0. The zero-order valence-corrected chi connectivity index (χ0v) is 10.0. The summed E-state index contributed by atoms with van der Waals surface area (Å²) in [5.74, 6) is 0. The first-order valence-corrected chi connectivity index (χ1v) is 5.74. The molecular weight excluding hydrogens is 303 g/mol. The molecule has 2 rings (SSSR count). The number of benzene rings is 1. The molecule has 0 N–H and O–H groups in total. The Kier molecular flexibility index (Phi) is 2.68. The molecule has 0 aliphatic heterocycles. The van der Waals surface area contributed by atoms with E-state index < -0.39 is 11.7 Å². The van der Waals surface area contributed by atoms with Crippen LogP contribution < -0.4 is 0 Å². The number of nitriles is 1. The van der Waals surface area contributed by atoms with Crippen molar-refractivity contribution in [2.75, 3.05) is 0 Å². The van der Waals surface area contributed by atoms with Gasteiger partial charge in [0, 0.05) is 14.6 Å². The number of nitrogens with zero attached hydrogens (tertiary/aromatic N) is 1. The molecule has 16 heavy (non-hydrogen) atoms. The van der Waals surface area contributed by atoms with Gasteiger partial charge in [-0.2, -0.15) is 18.4 Å². The van der Waals surface area contributed by atoms with Crippen LogP contribution in [0.25, 0.3) is 10.1 Å². The monoisotopic (exact) mass is 305 g/mol. The van der Waals surface area contributed by atoms with Crippen LogP contribution in [-0.4, -0.2) is 0 Å². The van der Waals surface area contributed by atoms with Crippen LogP contribution in [0.2, 0.25) is 0 Å². The zero-order valence-electron chi connectivity index (χ0n) is 7.60. The molecule has 0 saturated carbocycles. The Morgan fingerprint density at radius 1 is 1.31 bits per heavy atom. The maximum absolute atomic E-state index is 12.7. The van der Waals surface area contributed by atoms with E-state index in [1.54, 1.807) is 12.1 Å². The van der Waals surface area contributed by atoms with E-state index in [1.807, 2.05) is 0 Å². The number of alkyl halides is 3. The maximum atomic E-state index is 12.7. The van der Waals surface area contributed by atoms with Gasteiger partial charge in [0.2, 0.25) is 0 Å². The van der Waals surface area contributed by atoms with Gasteiger partial charge in [0.25, 0.3) is 0 Å². The van der Waals surface area contributed by atoms with Gasteiger partial charge in [0.05, 0.1) is 5.56 Å². The smallest absolute Gasteiger partial charge is 0.192 e. The van der Waals surface area contributed by atoms with Gasteiger partial charge >= 0.3 is 6.18 Å². The summed E-state index contributed by atoms with van der Waals surface area (Å²) >= 11 is 4.03. The van der Waals surface area contributed by atoms with Crippen molar-refractivity contribution in [1.82, 2.24) is 0 Å². The predicted molar refractivity (Wildman–Crippen MR) is 59.2 cm³/mol. The molecule has 6 heteroatoms. The summed E-state index contributed by atoms with van der Waals surface area (Å²) < 4.78 is 39.4. The molecule has 1 heterocycles. The lowest BCUT2D eigenvalue weighted by atomic mass is 10.1. The second kappa shape index (κ2) is 3.75. The van der Waals surface area contributed by atoms with Crippen LogP contribution in [-0.2, 0) is 6.18 Å². The maximum Gasteiger partial charge on any atom is 0.419 e. The molecule has 0 saturated heterocycles. The standard InChI is InChI=1S/C10H3BrF3NS/c11-5-1-2-6-7(3-5)16-8(4-15)9(6)10(12,13)14/h1-3H. The van der Waals surface area contributed by atoms with Gasteiger partial charge in [-0.1, -0.05) is 22.0 Å². The summed E-state index contributed by atoms with van der Waals surface area (Å²) in [6.07, 6.45) is -4.49. The first-order chi connectivity index (χ1) is 7.43. The van der Waals surface area contributed by atoms with E-state index in [9.17, 15) is 13.2 Å². The summed E-state index contributed by atoms with van der Waals surface area (Å²) in [6.45, 7) is 0. The molecule has 0 unspecified atom stereocenters. The molecule has 1 aromatic carbocycles. The van der Waals surface area contributed by atoms with Crippen molar-refractivity contribution in [3.05, 3.63) is 33.1 Å². The number of thiophene rings is 1. The Bertz CT molecular complexity index is 594. The molecule has 0 radical (unpaired) electrons. The van der Waals surface area contributed by atoms with Crippen LogP contribution in [0.1, 0.15) is 10.4 Å². The fraction of sp³-hybridized carbons (Fsp3) is 0.100. The van der Waals surface area contributed by atoms with Crippen molar-refractivity contribution < 1.29 is 13.2 Å². The van der Waals surface area contributed by atoms with Crippen LogP contribution in [0.5, 0.6) is 0 Å². The second-order valence-electron chi connectivity index (χ2n) is 3.06. The van der Waals surface area contributed by atoms with E-state index in [-0.39, 0.29) is 10.3 Å². The highest BCUT2D eigenvalue weighted by Crippen LogP contribution is 2.42. The van der Waals surface area contributed by atoms with Crippen molar-refractivity contribution in [3.8, 4) is 6.07 Å². The Labute approximate surface area is 101 Å². The second-order valence-corrected chi connectivity index (χ2v) is 5.02. The minimum atomic E-state index is -4.49. The zero-order chi connectivity index (χ0) is 11.9. The molecule has 0 fully saturated rings. The fourth-order valence-electron chi connectivity index (χ4n) is 1.43. The predicted octanol–water partition coefficient (Wildman–Crippen LogP) is 4.55. The molecule has 1 aromatic heterocycles. The molecule has 2 aromatic rings. The molecule has 0 aliphatic rings. The SMILES string of the molecule is N#Cc1sc2cc(Br)ccc2c1C(F)(F)F. The minimum absolute atomic E-state index is 0.0808. The third kappa shape index (κ3) is 1.81. The van der Waals surface area contributed by atoms with E-state index >= 15 is 0 Å². The van der Waals surface area contributed by atoms with Gasteiger partial charge in [-0.3, -0.25) is 0 Å². The third-order valence-electron chi connectivity index (χ3n) is 2.04. The highest BCUT2D eigenvalue weighted by Gasteiger charge is 2.37. The van der Waals surface area contributed by atoms with Gasteiger partial charge in [0.15, 0.2) is 0 Å². The van der Waals surface area contributed by atoms with Gasteiger partial charge < -0.3 is 0 Å². The van der Waals surface area contributed by atoms with Gasteiger partial charge in [0.1, 0.15) is 10.9 Å². The van der Waals surface area contributed by atoms with Crippen molar-refractivity contribution in [1.29, 1.82) is 5.26 Å². The lowest BCUT2D eigenvalue weighted by molar-refractivity contribution is -0.136. The first-order valence-electron chi connectivity index (χ1n) is 4.13. The topological polar surface area (TPSA) is 23.8 Å². The molecule has 0 bridgehead atoms. The highest BCUT2D eigenvalue weighted by atomic mass is 79.9. The summed E-state index contributed by atoms with van der Waals surface area (Å²) in [6, 6.07) is 6.08. The number of fused-ring (bicyclic) bond motifs is 1. The van der Waals surface area contributed by atoms with Crippen molar-refractivity contribution in [2.45, 2.75) is 6.18 Å². The lowest BCUT2D eigenvalue weighted by Crippen LogP contribution is -2.05. The highest BCUT2D eigenvalue weighted by molar-refractivity contribution is 9.10. The number of hydrogen-bond donors (Lipinski definition) is 0. The van der Waals surface area contributed by atoms with E-state index in [0.717, 1.165) is 11.3 Å². The van der Waals surface area contributed by atoms with Crippen LogP contribution >= 0.6 is 27.3 Å². The Hall–Kier alpha value is -1.06. The number of hydrogen-bond acceptors (Lipinski definition) is 2. The van der Waals surface area contributed by atoms with Gasteiger partial charge in [-0.15, -0.1) is 11.3 Å². The largest absolute Gasteiger partial charge is 0.419 e. The fourth-order valence-corrected chi connectivity index (χ4v) is 3.00. The Balaban J connectivity index is 2.86. The Morgan fingerprint density at radius 2 is 2.00 bits per heavy atom. The summed E-state index contributed by atoms with van der Waals surface area (Å²) in [5.41, 5.74) is -0.831. The van der Waals surface area contributed by atoms with Crippen molar-refractivity contribution in [3.63, 3.8) is 0 Å². The molecular formula is C10H3BrF3NS. The van der Waals surface area contributed by atoms with Crippen LogP contribution in [0, 0.1) is 11.3 Å². The summed E-state index contributed by atoms with van der Waals surface area (Å²) in [5, 5.41) is 8.78. The van der Waals surface area contributed by atoms with Crippen molar-refractivity contribution >= 4 is 37.4 Å². The minimum Gasteiger partial charge on any atom is -0.192 e. The number of rotatable bonds is 0. The van der Waals surface area contributed by atoms with Crippen LogP contribution in [0.4, 0.5) is 13.2 Å². The molecule has 82 valence electrons. The molecule has 1 nitrogen and oxygen atoms in total. The summed E-state index contributed by atoms with van der Waals surface area (Å²) in [4.78, 5) is -0.291. The van der Waals surface area contributed by atoms with E-state index in [4.69, 9.17) is 5.26 Å². The average Bonchev–Trinajstić information content (AvgIpc) is 2.54. The molecule has 0 amide bonds. The van der Waals surface area contributed by atoms with E-state index in [1.165, 1.54) is 12.1 Å². The molecule has 0 aliphatic carbocycles. The lowest BCUT2D eigenvalue weighted by Gasteiger charge is -2.05. The van der Waals surface area contributed by atoms with Gasteiger partial charge in [-0.05, 0) is 12.1 Å². The van der Waals surface area contributed by atoms with Crippen LogP contribution in [0.3, 0.4) is 0 Å². The van der Waals surface area contributed by atoms with Crippen molar-refractivity contribution in [2.24, 2.45) is 0 Å².